The molecule has 1 fully saturated rings. The maximum atomic E-state index is 13.2. The normalized spacial score (nSPS) is 15.2. The summed E-state index contributed by atoms with van der Waals surface area (Å²) in [5, 5.41) is 0.658. The zero-order valence-corrected chi connectivity index (χ0v) is 15.9. The smallest absolute Gasteiger partial charge is 0.341 e. The summed E-state index contributed by atoms with van der Waals surface area (Å²) in [5.74, 6) is 0.663. The first kappa shape index (κ1) is 18.5. The summed E-state index contributed by atoms with van der Waals surface area (Å²) in [7, 11) is 3.09. The van der Waals surface area contributed by atoms with Crippen LogP contribution < -0.4 is 0 Å². The summed E-state index contributed by atoms with van der Waals surface area (Å²) in [6, 6.07) is 9.14. The monoisotopic (exact) mass is 375 g/mol. The van der Waals surface area contributed by atoms with Crippen LogP contribution in [-0.2, 0) is 21.5 Å². The molecule has 6 heteroatoms. The summed E-state index contributed by atoms with van der Waals surface area (Å²) in [5.41, 5.74) is 0.891. The minimum Gasteiger partial charge on any atom is -0.465 e. The molecule has 2 aromatic rings. The molecule has 0 bridgehead atoms. The van der Waals surface area contributed by atoms with Crippen LogP contribution in [0.1, 0.15) is 46.7 Å². The number of nitrogens with zero attached hydrogens (tertiary/aromatic N) is 1. The van der Waals surface area contributed by atoms with Gasteiger partial charge in [0.25, 0.3) is 0 Å². The fraction of sp³-hybridized carbons (Fsp3) is 0.400. The van der Waals surface area contributed by atoms with Gasteiger partial charge in [0.15, 0.2) is 0 Å². The van der Waals surface area contributed by atoms with Gasteiger partial charge in [-0.25, -0.2) is 4.79 Å². The van der Waals surface area contributed by atoms with Crippen molar-refractivity contribution in [1.29, 1.82) is 0 Å². The number of ether oxygens (including phenoxy) is 1. The van der Waals surface area contributed by atoms with Crippen LogP contribution in [0.5, 0.6) is 0 Å². The van der Waals surface area contributed by atoms with Crippen LogP contribution in [0.25, 0.3) is 0 Å². The average Bonchev–Trinajstić information content (AvgIpc) is 2.95. The van der Waals surface area contributed by atoms with Gasteiger partial charge in [0.05, 0.1) is 19.1 Å². The lowest BCUT2D eigenvalue weighted by molar-refractivity contribution is -0.140. The second kappa shape index (κ2) is 7.16. The minimum absolute atomic E-state index is 0.0553. The van der Waals surface area contributed by atoms with Crippen molar-refractivity contribution < 1.29 is 18.7 Å². The zero-order valence-electron chi connectivity index (χ0n) is 15.2. The quantitative estimate of drug-likeness (QED) is 0.738. The van der Waals surface area contributed by atoms with Crippen LogP contribution >= 0.6 is 11.6 Å². The fourth-order valence-electron chi connectivity index (χ4n) is 3.53. The molecule has 5 nitrogen and oxygen atoms in total. The van der Waals surface area contributed by atoms with Gasteiger partial charge in [0.1, 0.15) is 17.1 Å². The first-order valence-electron chi connectivity index (χ1n) is 8.56. The van der Waals surface area contributed by atoms with Gasteiger partial charge in [-0.2, -0.15) is 0 Å². The molecule has 0 unspecified atom stereocenters. The van der Waals surface area contributed by atoms with Crippen LogP contribution in [0, 0.1) is 6.92 Å². The van der Waals surface area contributed by atoms with Gasteiger partial charge in [-0.05, 0) is 43.5 Å². The highest BCUT2D eigenvalue weighted by atomic mass is 35.5. The lowest BCUT2D eigenvalue weighted by Crippen LogP contribution is -2.49. The Morgan fingerprint density at radius 1 is 1.27 bits per heavy atom. The third-order valence-corrected chi connectivity index (χ3v) is 5.38. The Bertz CT molecular complexity index is 821. The number of carbonyl (C=O) groups is 2. The number of amides is 1. The number of benzene rings is 1. The number of rotatable bonds is 5. The molecule has 1 aromatic carbocycles. The van der Waals surface area contributed by atoms with Crippen LogP contribution in [0.3, 0.4) is 0 Å². The number of aryl methyl sites for hydroxylation is 1. The van der Waals surface area contributed by atoms with Gasteiger partial charge in [-0.3, -0.25) is 4.79 Å². The Hall–Kier alpha value is -2.27. The van der Waals surface area contributed by atoms with E-state index in [4.69, 9.17) is 20.8 Å². The molecule has 0 radical (unpaired) electrons. The molecule has 3 rings (SSSR count). The van der Waals surface area contributed by atoms with Gasteiger partial charge in [0, 0.05) is 12.1 Å². The van der Waals surface area contributed by atoms with E-state index in [1.165, 1.54) is 7.11 Å². The van der Waals surface area contributed by atoms with Crippen molar-refractivity contribution in [3.63, 3.8) is 0 Å². The van der Waals surface area contributed by atoms with Crippen molar-refractivity contribution in [2.45, 2.75) is 38.1 Å². The molecule has 26 heavy (non-hydrogen) atoms. The summed E-state index contributed by atoms with van der Waals surface area (Å²) >= 11 is 5.98. The molecule has 1 heterocycles. The number of hydrogen-bond donors (Lipinski definition) is 0. The van der Waals surface area contributed by atoms with Crippen molar-refractivity contribution >= 4 is 23.5 Å². The number of likely N-dealkylation sites (N-methyl/N-ethyl adjacent to an activating group) is 1. The summed E-state index contributed by atoms with van der Waals surface area (Å²) in [6.45, 7) is 2.00. The van der Waals surface area contributed by atoms with Crippen LogP contribution in [-0.4, -0.2) is 30.9 Å². The SMILES string of the molecule is COC(=O)c1cc(CN(C)C(=O)C2(c3ccc(Cl)cc3)CCC2)oc1C. The highest BCUT2D eigenvalue weighted by molar-refractivity contribution is 6.30. The molecular formula is C20H22ClNO4. The van der Waals surface area contributed by atoms with Crippen molar-refractivity contribution in [2.75, 3.05) is 14.2 Å². The first-order valence-corrected chi connectivity index (χ1v) is 8.94. The van der Waals surface area contributed by atoms with E-state index in [0.29, 0.717) is 28.7 Å². The second-order valence-corrected chi connectivity index (χ2v) is 7.21. The predicted molar refractivity (Wildman–Crippen MR) is 98.2 cm³/mol. The number of furan rings is 1. The second-order valence-electron chi connectivity index (χ2n) is 6.78. The average molecular weight is 376 g/mol. The predicted octanol–water partition coefficient (Wildman–Crippen LogP) is 4.11. The van der Waals surface area contributed by atoms with Crippen molar-refractivity contribution in [2.24, 2.45) is 0 Å². The first-order chi connectivity index (χ1) is 12.4. The van der Waals surface area contributed by atoms with E-state index in [0.717, 1.165) is 24.8 Å². The van der Waals surface area contributed by atoms with Gasteiger partial charge < -0.3 is 14.1 Å². The fourth-order valence-corrected chi connectivity index (χ4v) is 3.66. The number of esters is 1. The molecule has 1 aliphatic rings. The molecule has 0 saturated heterocycles. The zero-order chi connectivity index (χ0) is 18.9. The highest BCUT2D eigenvalue weighted by Crippen LogP contribution is 2.45. The lowest BCUT2D eigenvalue weighted by Gasteiger charge is -2.43. The number of halogens is 1. The van der Waals surface area contributed by atoms with E-state index in [-0.39, 0.29) is 5.91 Å². The molecule has 1 aliphatic carbocycles. The van der Waals surface area contributed by atoms with E-state index in [9.17, 15) is 9.59 Å². The lowest BCUT2D eigenvalue weighted by atomic mass is 9.63. The standard InChI is InChI=1S/C20H22ClNO4/c1-13-17(18(23)25-3)11-16(26-13)12-22(2)19(24)20(9-4-10-20)14-5-7-15(21)8-6-14/h5-8,11H,4,9-10,12H2,1-3H3. The number of carbonyl (C=O) groups excluding carboxylic acids is 2. The number of hydrogen-bond acceptors (Lipinski definition) is 4. The largest absolute Gasteiger partial charge is 0.465 e. The van der Waals surface area contributed by atoms with E-state index >= 15 is 0 Å². The highest BCUT2D eigenvalue weighted by Gasteiger charge is 2.47. The van der Waals surface area contributed by atoms with Crippen molar-refractivity contribution in [1.82, 2.24) is 4.90 Å². The van der Waals surface area contributed by atoms with Crippen LogP contribution in [0.4, 0.5) is 0 Å². The third-order valence-electron chi connectivity index (χ3n) is 5.13. The third kappa shape index (κ3) is 3.23. The molecule has 0 N–H and O–H groups in total. The Balaban J connectivity index is 1.79. The molecule has 0 spiro atoms. The van der Waals surface area contributed by atoms with Gasteiger partial charge in [-0.1, -0.05) is 30.2 Å². The summed E-state index contributed by atoms with van der Waals surface area (Å²) < 4.78 is 10.4. The Morgan fingerprint density at radius 3 is 2.46 bits per heavy atom. The molecule has 138 valence electrons. The van der Waals surface area contributed by atoms with E-state index in [2.05, 4.69) is 0 Å². The maximum absolute atomic E-state index is 13.2. The van der Waals surface area contributed by atoms with Gasteiger partial charge in [-0.15, -0.1) is 0 Å². The van der Waals surface area contributed by atoms with Crippen LogP contribution in [0.15, 0.2) is 34.7 Å². The van der Waals surface area contributed by atoms with Crippen LogP contribution in [0.2, 0.25) is 5.02 Å². The molecule has 0 aliphatic heterocycles. The minimum atomic E-state index is -0.494. The van der Waals surface area contributed by atoms with Gasteiger partial charge in [0.2, 0.25) is 5.91 Å². The van der Waals surface area contributed by atoms with Crippen molar-refractivity contribution in [3.05, 3.63) is 58.0 Å². The number of methoxy groups -OCH3 is 1. The Kier molecular flexibility index (Phi) is 5.10. The van der Waals surface area contributed by atoms with E-state index < -0.39 is 11.4 Å². The topological polar surface area (TPSA) is 59.8 Å². The molecule has 1 amide bonds. The Morgan fingerprint density at radius 2 is 1.92 bits per heavy atom. The molecule has 1 saturated carbocycles. The molecular weight excluding hydrogens is 354 g/mol. The van der Waals surface area contributed by atoms with Gasteiger partial charge >= 0.3 is 5.97 Å². The summed E-state index contributed by atoms with van der Waals surface area (Å²) in [4.78, 5) is 26.6. The molecule has 1 aromatic heterocycles. The Labute approximate surface area is 157 Å². The van der Waals surface area contributed by atoms with E-state index in [1.54, 1.807) is 24.9 Å². The van der Waals surface area contributed by atoms with E-state index in [1.807, 2.05) is 24.3 Å². The molecule has 0 atom stereocenters. The maximum Gasteiger partial charge on any atom is 0.341 e. The summed E-state index contributed by atoms with van der Waals surface area (Å²) in [6.07, 6.45) is 2.67. The van der Waals surface area contributed by atoms with Crippen molar-refractivity contribution in [3.8, 4) is 0 Å².